The number of ether oxygens (including phenoxy) is 1. The van der Waals surface area contributed by atoms with Crippen LogP contribution < -0.4 is 15.5 Å². The van der Waals surface area contributed by atoms with Crippen LogP contribution in [0.1, 0.15) is 84.5 Å². The van der Waals surface area contributed by atoms with Crippen molar-refractivity contribution in [3.05, 3.63) is 48.1 Å². The summed E-state index contributed by atoms with van der Waals surface area (Å²) in [5, 5.41) is 6.14. The third-order valence-corrected chi connectivity index (χ3v) is 12.9. The molecule has 0 aromatic carbocycles. The summed E-state index contributed by atoms with van der Waals surface area (Å²) in [6, 6.07) is 6.84. The predicted molar refractivity (Wildman–Crippen MR) is 177 cm³/mol. The molecule has 44 heavy (non-hydrogen) atoms. The molecule has 1 aliphatic heterocycles. The number of furan rings is 1. The average Bonchev–Trinajstić information content (AvgIpc) is 3.33. The minimum atomic E-state index is -2.16. The lowest BCUT2D eigenvalue weighted by molar-refractivity contribution is 0.0336. The Morgan fingerprint density at radius 2 is 1.80 bits per heavy atom. The zero-order chi connectivity index (χ0) is 32.6. The number of amides is 2. The van der Waals surface area contributed by atoms with Gasteiger partial charge in [0.15, 0.2) is 13.9 Å². The monoisotopic (exact) mass is 623 g/mol. The van der Waals surface area contributed by atoms with Gasteiger partial charge in [0.25, 0.3) is 5.91 Å². The molecule has 0 spiro atoms. The van der Waals surface area contributed by atoms with Crippen LogP contribution in [-0.4, -0.2) is 61.1 Å². The van der Waals surface area contributed by atoms with Gasteiger partial charge in [-0.05, 0) is 57.1 Å². The first-order chi connectivity index (χ1) is 20.3. The summed E-state index contributed by atoms with van der Waals surface area (Å²) in [5.74, 6) is 0.756. The van der Waals surface area contributed by atoms with Gasteiger partial charge in [0, 0.05) is 37.2 Å². The Balaban J connectivity index is 1.60. The van der Waals surface area contributed by atoms with Gasteiger partial charge < -0.3 is 29.1 Å². The number of anilines is 2. The predicted octanol–water partition coefficient (Wildman–Crippen LogP) is 7.34. The Morgan fingerprint density at radius 1 is 1.09 bits per heavy atom. The van der Waals surface area contributed by atoms with Crippen LogP contribution >= 0.6 is 0 Å². The molecule has 1 saturated heterocycles. The second kappa shape index (κ2) is 12.5. The summed E-state index contributed by atoms with van der Waals surface area (Å²) in [6.07, 6.45) is 2.65. The summed E-state index contributed by atoms with van der Waals surface area (Å²) in [6.45, 7) is 24.0. The van der Waals surface area contributed by atoms with Crippen molar-refractivity contribution in [3.8, 4) is 0 Å². The SMILES string of the molecule is CC(C)c1cc2nc(C(=O)Nc3cnccc3N3C[C@H](C)[C@@H](O[Si](C)(C)C(C)(C)C)[C@H](NC(=O)OC(C)(C)C)C3)ccc2o1. The number of piperidine rings is 1. The van der Waals surface area contributed by atoms with Crippen molar-refractivity contribution < 1.29 is 23.2 Å². The van der Waals surface area contributed by atoms with Gasteiger partial charge in [-0.25, -0.2) is 9.78 Å². The number of carbonyl (C=O) groups excluding carboxylic acids is 2. The fourth-order valence-electron chi connectivity index (χ4n) is 5.06. The molecule has 0 saturated carbocycles. The summed E-state index contributed by atoms with van der Waals surface area (Å²) >= 11 is 0. The molecule has 1 fully saturated rings. The van der Waals surface area contributed by atoms with Crippen LogP contribution in [0.2, 0.25) is 18.1 Å². The van der Waals surface area contributed by atoms with Gasteiger partial charge in [0.05, 0.1) is 29.7 Å². The number of rotatable bonds is 7. The van der Waals surface area contributed by atoms with Crippen molar-refractivity contribution in [1.82, 2.24) is 15.3 Å². The molecule has 4 rings (SSSR count). The van der Waals surface area contributed by atoms with Crippen molar-refractivity contribution >= 4 is 42.8 Å². The first kappa shape index (κ1) is 33.4. The molecule has 3 aromatic rings. The van der Waals surface area contributed by atoms with Crippen LogP contribution in [0.3, 0.4) is 0 Å². The molecular weight excluding hydrogens is 574 g/mol. The highest BCUT2D eigenvalue weighted by molar-refractivity contribution is 6.74. The van der Waals surface area contributed by atoms with E-state index >= 15 is 0 Å². The maximum Gasteiger partial charge on any atom is 0.408 e. The van der Waals surface area contributed by atoms with Gasteiger partial charge in [0.1, 0.15) is 22.6 Å². The van der Waals surface area contributed by atoms with Crippen LogP contribution in [-0.2, 0) is 9.16 Å². The van der Waals surface area contributed by atoms with Crippen molar-refractivity contribution in [2.75, 3.05) is 23.3 Å². The van der Waals surface area contributed by atoms with Gasteiger partial charge in [-0.3, -0.25) is 9.78 Å². The molecule has 10 nitrogen and oxygen atoms in total. The molecule has 3 atom stereocenters. The van der Waals surface area contributed by atoms with Gasteiger partial charge in [0.2, 0.25) is 0 Å². The molecular formula is C33H49N5O5Si. The van der Waals surface area contributed by atoms with Crippen LogP contribution in [0.15, 0.2) is 41.1 Å². The van der Waals surface area contributed by atoms with Gasteiger partial charge in [-0.1, -0.05) is 41.5 Å². The van der Waals surface area contributed by atoms with E-state index in [-0.39, 0.29) is 40.6 Å². The molecule has 0 radical (unpaired) electrons. The standard InChI is InChI=1S/C33H49N5O5Si/c1-20(2)28-16-23-27(41-28)13-12-22(35-23)30(39)36-24-17-34-15-14-26(24)38-18-21(3)29(43-44(10,11)33(7,8)9)25(19-38)37-31(40)42-32(4,5)6/h12-17,20-21,25,29H,18-19H2,1-11H3,(H,36,39)(H,37,40)/t21-,25+,29+/m0/s1. The van der Waals surface area contributed by atoms with E-state index in [1.807, 2.05) is 46.8 Å². The molecule has 11 heteroatoms. The second-order valence-electron chi connectivity index (χ2n) is 14.7. The van der Waals surface area contributed by atoms with Crippen molar-refractivity contribution in [2.45, 2.75) is 104 Å². The molecule has 0 bridgehead atoms. The first-order valence-corrected chi connectivity index (χ1v) is 18.3. The van der Waals surface area contributed by atoms with Crippen LogP contribution in [0, 0.1) is 5.92 Å². The number of carbonyl (C=O) groups is 2. The Hall–Kier alpha value is -3.44. The molecule has 0 unspecified atom stereocenters. The van der Waals surface area contributed by atoms with E-state index in [0.29, 0.717) is 29.9 Å². The number of pyridine rings is 2. The quantitative estimate of drug-likeness (QED) is 0.263. The Morgan fingerprint density at radius 3 is 2.43 bits per heavy atom. The topological polar surface area (TPSA) is 119 Å². The fraction of sp³-hybridized carbons (Fsp3) is 0.576. The minimum absolute atomic E-state index is 0.00668. The highest BCUT2D eigenvalue weighted by Gasteiger charge is 2.45. The lowest BCUT2D eigenvalue weighted by Crippen LogP contribution is -2.63. The zero-order valence-electron chi connectivity index (χ0n) is 28.1. The summed E-state index contributed by atoms with van der Waals surface area (Å²) in [7, 11) is -2.16. The number of alkyl carbamates (subject to hydrolysis) is 1. The number of aromatic nitrogens is 2. The molecule has 3 aromatic heterocycles. The number of fused-ring (bicyclic) bond motifs is 1. The van der Waals surface area contributed by atoms with Crippen molar-refractivity contribution in [1.29, 1.82) is 0 Å². The second-order valence-corrected chi connectivity index (χ2v) is 19.5. The molecule has 2 amide bonds. The third-order valence-electron chi connectivity index (χ3n) is 8.40. The molecule has 2 N–H and O–H groups in total. The lowest BCUT2D eigenvalue weighted by atomic mass is 9.92. The molecule has 1 aliphatic rings. The van der Waals surface area contributed by atoms with Gasteiger partial charge in [-0.2, -0.15) is 0 Å². The summed E-state index contributed by atoms with van der Waals surface area (Å²) in [4.78, 5) is 37.4. The van der Waals surface area contributed by atoms with Gasteiger partial charge in [-0.15, -0.1) is 0 Å². The smallest absolute Gasteiger partial charge is 0.408 e. The van der Waals surface area contributed by atoms with Crippen molar-refractivity contribution in [2.24, 2.45) is 5.92 Å². The molecule has 0 aliphatic carbocycles. The van der Waals surface area contributed by atoms with Crippen LogP contribution in [0.5, 0.6) is 0 Å². The number of hydrogen-bond donors (Lipinski definition) is 2. The largest absolute Gasteiger partial charge is 0.459 e. The highest BCUT2D eigenvalue weighted by Crippen LogP contribution is 2.40. The molecule has 4 heterocycles. The van der Waals surface area contributed by atoms with Crippen molar-refractivity contribution in [3.63, 3.8) is 0 Å². The van der Waals surface area contributed by atoms with E-state index in [1.165, 1.54) is 0 Å². The van der Waals surface area contributed by atoms with E-state index in [4.69, 9.17) is 13.6 Å². The number of hydrogen-bond acceptors (Lipinski definition) is 8. The average molecular weight is 624 g/mol. The number of nitrogens with zero attached hydrogens (tertiary/aromatic N) is 3. The lowest BCUT2D eigenvalue weighted by Gasteiger charge is -2.48. The zero-order valence-corrected chi connectivity index (χ0v) is 29.1. The van der Waals surface area contributed by atoms with E-state index in [1.54, 1.807) is 24.5 Å². The first-order valence-electron chi connectivity index (χ1n) is 15.4. The van der Waals surface area contributed by atoms with Gasteiger partial charge >= 0.3 is 6.09 Å². The Labute approximate surface area is 262 Å². The van der Waals surface area contributed by atoms with E-state index < -0.39 is 20.0 Å². The Kier molecular flexibility index (Phi) is 9.51. The maximum atomic E-state index is 13.4. The minimum Gasteiger partial charge on any atom is -0.459 e. The van der Waals surface area contributed by atoms with E-state index in [2.05, 4.69) is 66.3 Å². The van der Waals surface area contributed by atoms with Crippen LogP contribution in [0.4, 0.5) is 16.2 Å². The fourth-order valence-corrected chi connectivity index (χ4v) is 6.49. The summed E-state index contributed by atoms with van der Waals surface area (Å²) < 4.78 is 18.4. The van der Waals surface area contributed by atoms with E-state index in [9.17, 15) is 9.59 Å². The third kappa shape index (κ3) is 7.79. The molecule has 240 valence electrons. The van der Waals surface area contributed by atoms with Crippen LogP contribution in [0.25, 0.3) is 11.1 Å². The maximum absolute atomic E-state index is 13.4. The van der Waals surface area contributed by atoms with E-state index in [0.717, 1.165) is 11.4 Å². The summed E-state index contributed by atoms with van der Waals surface area (Å²) in [5.41, 5.74) is 2.29. The Bertz CT molecular complexity index is 1490. The number of nitrogens with one attached hydrogen (secondary N) is 2. The highest BCUT2D eigenvalue weighted by atomic mass is 28.4. The normalized spacial score (nSPS) is 19.7.